The number of benzene rings is 2. The molecule has 2 nitrogen and oxygen atoms in total. The number of anilines is 1. The third kappa shape index (κ3) is 2.64. The summed E-state index contributed by atoms with van der Waals surface area (Å²) < 4.78 is 0. The van der Waals surface area contributed by atoms with Crippen molar-refractivity contribution < 1.29 is 0 Å². The molecular weight excluding hydrogens is 208 g/mol. The summed E-state index contributed by atoms with van der Waals surface area (Å²) in [4.78, 5) is 1.71. The Balaban J connectivity index is 2.25. The highest BCUT2D eigenvalue weighted by molar-refractivity contribution is 5.56. The molecule has 0 bridgehead atoms. The highest BCUT2D eigenvalue weighted by Crippen LogP contribution is 2.20. The van der Waals surface area contributed by atoms with Crippen molar-refractivity contribution >= 4 is 5.69 Å². The molecule has 0 N–H and O–H groups in total. The van der Waals surface area contributed by atoms with Crippen LogP contribution in [0.5, 0.6) is 0 Å². The van der Waals surface area contributed by atoms with Gasteiger partial charge in [0.05, 0.1) is 12.2 Å². The fraction of sp³-hybridized carbons (Fsp3) is 0.133. The molecule has 2 aromatic rings. The lowest BCUT2D eigenvalue weighted by molar-refractivity contribution is 0.971. The van der Waals surface area contributed by atoms with Gasteiger partial charge in [-0.25, -0.2) is 0 Å². The van der Waals surface area contributed by atoms with Gasteiger partial charge in [-0.15, -0.1) is 0 Å². The van der Waals surface area contributed by atoms with Crippen LogP contribution in [0, 0.1) is 18.4 Å². The van der Waals surface area contributed by atoms with Crippen molar-refractivity contribution in [2.24, 2.45) is 0 Å². The summed E-state index contributed by atoms with van der Waals surface area (Å²) in [5.74, 6) is 0. The van der Waals surface area contributed by atoms with E-state index < -0.39 is 0 Å². The predicted octanol–water partition coefficient (Wildman–Crippen LogP) is 3.48. The second-order valence-corrected chi connectivity index (χ2v) is 3.96. The van der Waals surface area contributed by atoms with Gasteiger partial charge in [0.1, 0.15) is 0 Å². The molecule has 0 saturated heterocycles. The first kappa shape index (κ1) is 11.2. The molecule has 0 saturated carbocycles. The van der Waals surface area contributed by atoms with Gasteiger partial charge in [-0.05, 0) is 24.1 Å². The van der Waals surface area contributed by atoms with E-state index in [1.165, 1.54) is 0 Å². The van der Waals surface area contributed by atoms with E-state index in [1.807, 2.05) is 61.5 Å². The van der Waals surface area contributed by atoms with Gasteiger partial charge in [0.25, 0.3) is 0 Å². The molecule has 0 atom stereocenters. The van der Waals surface area contributed by atoms with Crippen LogP contribution in [-0.2, 0) is 6.54 Å². The van der Waals surface area contributed by atoms with Crippen LogP contribution in [0.4, 0.5) is 5.69 Å². The lowest BCUT2D eigenvalue weighted by atomic mass is 10.1. The van der Waals surface area contributed by atoms with Crippen LogP contribution in [0.25, 0.3) is 0 Å². The quantitative estimate of drug-likeness (QED) is 0.587. The fourth-order valence-corrected chi connectivity index (χ4v) is 1.81. The van der Waals surface area contributed by atoms with Gasteiger partial charge >= 0.3 is 0 Å². The molecule has 0 fully saturated rings. The maximum atomic E-state index is 9.24. The standard InChI is InChI=1S/C15H14N2/c1-13-7-5-6-10-15(13)17(12-16)11-14-8-3-2-4-9-14/h2-10H,11H2,1H3. The highest BCUT2D eigenvalue weighted by Gasteiger charge is 2.08. The molecule has 2 heteroatoms. The fourth-order valence-electron chi connectivity index (χ4n) is 1.81. The zero-order valence-corrected chi connectivity index (χ0v) is 9.80. The van der Waals surface area contributed by atoms with Crippen molar-refractivity contribution in [3.05, 3.63) is 65.7 Å². The molecule has 0 aliphatic heterocycles. The van der Waals surface area contributed by atoms with Gasteiger partial charge in [-0.1, -0.05) is 48.5 Å². The average molecular weight is 222 g/mol. The largest absolute Gasteiger partial charge is 0.275 e. The number of hydrogen-bond donors (Lipinski definition) is 0. The van der Waals surface area contributed by atoms with Gasteiger partial charge in [0.15, 0.2) is 6.19 Å². The van der Waals surface area contributed by atoms with Crippen molar-refractivity contribution in [2.45, 2.75) is 13.5 Å². The van der Waals surface area contributed by atoms with Crippen LogP contribution >= 0.6 is 0 Å². The summed E-state index contributed by atoms with van der Waals surface area (Å²) in [6.45, 7) is 2.63. The van der Waals surface area contributed by atoms with Crippen LogP contribution in [0.3, 0.4) is 0 Å². The van der Waals surface area contributed by atoms with Crippen LogP contribution in [0.2, 0.25) is 0 Å². The topological polar surface area (TPSA) is 27.0 Å². The van der Waals surface area contributed by atoms with Gasteiger partial charge in [-0.3, -0.25) is 4.90 Å². The van der Waals surface area contributed by atoms with Gasteiger partial charge in [-0.2, -0.15) is 5.26 Å². The summed E-state index contributed by atoms with van der Waals surface area (Å²) in [5.41, 5.74) is 3.22. The first-order chi connectivity index (χ1) is 8.31. The SMILES string of the molecule is Cc1ccccc1N(C#N)Cc1ccccc1. The van der Waals surface area contributed by atoms with Crippen LogP contribution in [-0.4, -0.2) is 0 Å². The third-order valence-electron chi connectivity index (χ3n) is 2.71. The van der Waals surface area contributed by atoms with Gasteiger partial charge < -0.3 is 0 Å². The molecule has 0 heterocycles. The molecule has 0 amide bonds. The van der Waals surface area contributed by atoms with E-state index in [0.29, 0.717) is 6.54 Å². The van der Waals surface area contributed by atoms with E-state index in [1.54, 1.807) is 4.90 Å². The molecule has 0 aliphatic rings. The maximum Gasteiger partial charge on any atom is 0.184 e. The lowest BCUT2D eigenvalue weighted by Gasteiger charge is -2.17. The Hall–Kier alpha value is -2.27. The molecule has 0 aromatic heterocycles. The van der Waals surface area contributed by atoms with Crippen LogP contribution in [0.1, 0.15) is 11.1 Å². The Kier molecular flexibility index (Phi) is 3.42. The monoisotopic (exact) mass is 222 g/mol. The molecule has 17 heavy (non-hydrogen) atoms. The second-order valence-electron chi connectivity index (χ2n) is 3.96. The van der Waals surface area contributed by atoms with Crippen molar-refractivity contribution in [3.63, 3.8) is 0 Å². The first-order valence-electron chi connectivity index (χ1n) is 5.58. The number of rotatable bonds is 3. The molecular formula is C15H14N2. The predicted molar refractivity (Wildman–Crippen MR) is 69.4 cm³/mol. The number of aryl methyl sites for hydroxylation is 1. The second kappa shape index (κ2) is 5.18. The molecule has 0 spiro atoms. The molecule has 84 valence electrons. The minimum Gasteiger partial charge on any atom is -0.275 e. The van der Waals surface area contributed by atoms with Gasteiger partial charge in [0, 0.05) is 0 Å². The van der Waals surface area contributed by atoms with Crippen molar-refractivity contribution in [2.75, 3.05) is 4.90 Å². The molecule has 2 aromatic carbocycles. The zero-order valence-electron chi connectivity index (χ0n) is 9.80. The molecule has 0 unspecified atom stereocenters. The summed E-state index contributed by atoms with van der Waals surface area (Å²) in [7, 11) is 0. The minimum atomic E-state index is 0.613. The van der Waals surface area contributed by atoms with Crippen molar-refractivity contribution in [1.29, 1.82) is 5.26 Å². The number of para-hydroxylation sites is 1. The first-order valence-corrected chi connectivity index (χ1v) is 5.58. The Morgan fingerprint density at radius 1 is 1.00 bits per heavy atom. The summed E-state index contributed by atoms with van der Waals surface area (Å²) in [6.07, 6.45) is 2.24. The summed E-state index contributed by atoms with van der Waals surface area (Å²) in [6, 6.07) is 17.9. The summed E-state index contributed by atoms with van der Waals surface area (Å²) >= 11 is 0. The normalized spacial score (nSPS) is 9.65. The van der Waals surface area contributed by atoms with Crippen molar-refractivity contribution in [1.82, 2.24) is 0 Å². The number of hydrogen-bond acceptors (Lipinski definition) is 2. The maximum absolute atomic E-state index is 9.24. The van der Waals surface area contributed by atoms with Crippen LogP contribution < -0.4 is 4.90 Å². The highest BCUT2D eigenvalue weighted by atomic mass is 15.1. The van der Waals surface area contributed by atoms with E-state index in [-0.39, 0.29) is 0 Å². The number of nitriles is 1. The van der Waals surface area contributed by atoms with E-state index in [4.69, 9.17) is 0 Å². The minimum absolute atomic E-state index is 0.613. The smallest absolute Gasteiger partial charge is 0.184 e. The third-order valence-corrected chi connectivity index (χ3v) is 2.71. The van der Waals surface area contributed by atoms with E-state index >= 15 is 0 Å². The lowest BCUT2D eigenvalue weighted by Crippen LogP contribution is -2.16. The molecule has 0 radical (unpaired) electrons. The van der Waals surface area contributed by atoms with Crippen molar-refractivity contribution in [3.8, 4) is 6.19 Å². The Morgan fingerprint density at radius 2 is 1.65 bits per heavy atom. The Bertz CT molecular complexity index is 526. The molecule has 0 aliphatic carbocycles. The van der Waals surface area contributed by atoms with Gasteiger partial charge in [0.2, 0.25) is 0 Å². The Morgan fingerprint density at radius 3 is 2.29 bits per heavy atom. The number of nitrogens with zero attached hydrogens (tertiary/aromatic N) is 2. The van der Waals surface area contributed by atoms with Crippen LogP contribution in [0.15, 0.2) is 54.6 Å². The van der Waals surface area contributed by atoms with E-state index in [9.17, 15) is 5.26 Å². The van der Waals surface area contributed by atoms with E-state index in [0.717, 1.165) is 16.8 Å². The van der Waals surface area contributed by atoms with E-state index in [2.05, 4.69) is 6.19 Å². The Labute approximate surface area is 102 Å². The molecule has 2 rings (SSSR count). The zero-order chi connectivity index (χ0) is 12.1. The average Bonchev–Trinajstić information content (AvgIpc) is 2.38. The summed E-state index contributed by atoms with van der Waals surface area (Å²) in [5, 5.41) is 9.24.